The third-order valence-corrected chi connectivity index (χ3v) is 2.27. The molecule has 0 saturated carbocycles. The predicted molar refractivity (Wildman–Crippen MR) is 54.6 cm³/mol. The Balaban J connectivity index is 2.22. The van der Waals surface area contributed by atoms with Gasteiger partial charge in [-0.25, -0.2) is 0 Å². The Labute approximate surface area is 83.6 Å². The second-order valence-corrected chi connectivity index (χ2v) is 3.43. The summed E-state index contributed by atoms with van der Waals surface area (Å²) in [6.07, 6.45) is 2.99. The van der Waals surface area contributed by atoms with Crippen LogP contribution in [0.25, 0.3) is 0 Å². The molecular formula is C11H14N2O. The van der Waals surface area contributed by atoms with E-state index in [-0.39, 0.29) is 6.04 Å². The molecule has 0 bridgehead atoms. The van der Waals surface area contributed by atoms with E-state index in [9.17, 15) is 0 Å². The molecule has 0 aliphatic carbocycles. The van der Waals surface area contributed by atoms with E-state index >= 15 is 0 Å². The Kier molecular flexibility index (Phi) is 2.50. The van der Waals surface area contributed by atoms with Crippen LogP contribution in [0.4, 0.5) is 0 Å². The van der Waals surface area contributed by atoms with Gasteiger partial charge in [-0.1, -0.05) is 6.07 Å². The molecule has 14 heavy (non-hydrogen) atoms. The molecule has 0 radical (unpaired) electrons. The largest absolute Gasteiger partial charge is 0.496 e. The summed E-state index contributed by atoms with van der Waals surface area (Å²) < 4.78 is 5.41. The van der Waals surface area contributed by atoms with Crippen LogP contribution in [0.2, 0.25) is 0 Å². The Morgan fingerprint density at radius 1 is 1.50 bits per heavy atom. The van der Waals surface area contributed by atoms with E-state index in [0.29, 0.717) is 0 Å². The first-order chi connectivity index (χ1) is 6.77. The van der Waals surface area contributed by atoms with Crippen LogP contribution in [0, 0.1) is 6.92 Å². The maximum absolute atomic E-state index is 6.01. The summed E-state index contributed by atoms with van der Waals surface area (Å²) >= 11 is 0. The van der Waals surface area contributed by atoms with Crippen molar-refractivity contribution in [1.29, 1.82) is 0 Å². The molecule has 1 unspecified atom stereocenters. The fourth-order valence-electron chi connectivity index (χ4n) is 1.54. The monoisotopic (exact) mass is 190 g/mol. The van der Waals surface area contributed by atoms with E-state index in [4.69, 9.17) is 10.5 Å². The van der Waals surface area contributed by atoms with Crippen molar-refractivity contribution >= 4 is 0 Å². The molecule has 0 spiro atoms. The predicted octanol–water partition coefficient (Wildman–Crippen LogP) is 1.69. The SMILES string of the molecule is Cc1cccc(C(N)C2=CCCO2)n1. The van der Waals surface area contributed by atoms with E-state index in [1.165, 1.54) is 0 Å². The lowest BCUT2D eigenvalue weighted by Crippen LogP contribution is -2.15. The Morgan fingerprint density at radius 3 is 3.00 bits per heavy atom. The summed E-state index contributed by atoms with van der Waals surface area (Å²) in [5.74, 6) is 0.850. The third-order valence-electron chi connectivity index (χ3n) is 2.27. The molecule has 1 aromatic heterocycles. The quantitative estimate of drug-likeness (QED) is 0.772. The van der Waals surface area contributed by atoms with E-state index in [2.05, 4.69) is 4.98 Å². The number of pyridine rings is 1. The molecule has 0 fully saturated rings. The van der Waals surface area contributed by atoms with Crippen molar-refractivity contribution in [2.75, 3.05) is 6.61 Å². The highest BCUT2D eigenvalue weighted by Gasteiger charge is 2.17. The van der Waals surface area contributed by atoms with Crippen molar-refractivity contribution < 1.29 is 4.74 Å². The van der Waals surface area contributed by atoms with Gasteiger partial charge >= 0.3 is 0 Å². The number of hydrogen-bond donors (Lipinski definition) is 1. The normalized spacial score (nSPS) is 17.4. The fourth-order valence-corrected chi connectivity index (χ4v) is 1.54. The average molecular weight is 190 g/mol. The second kappa shape index (κ2) is 3.80. The second-order valence-electron chi connectivity index (χ2n) is 3.43. The minimum absolute atomic E-state index is 0.211. The Morgan fingerprint density at radius 2 is 2.36 bits per heavy atom. The minimum atomic E-state index is -0.211. The maximum atomic E-state index is 6.01. The van der Waals surface area contributed by atoms with Gasteiger partial charge in [-0.15, -0.1) is 0 Å². The minimum Gasteiger partial charge on any atom is -0.496 e. The zero-order chi connectivity index (χ0) is 9.97. The summed E-state index contributed by atoms with van der Waals surface area (Å²) in [4.78, 5) is 4.37. The van der Waals surface area contributed by atoms with Gasteiger partial charge in [-0.3, -0.25) is 4.98 Å². The molecule has 1 atom stereocenters. The number of aryl methyl sites for hydroxylation is 1. The molecular weight excluding hydrogens is 176 g/mol. The molecule has 1 aliphatic rings. The number of nitrogens with two attached hydrogens (primary N) is 1. The summed E-state index contributed by atoms with van der Waals surface area (Å²) in [5, 5.41) is 0. The molecule has 0 saturated heterocycles. The zero-order valence-electron chi connectivity index (χ0n) is 8.23. The Hall–Kier alpha value is -1.35. The zero-order valence-corrected chi connectivity index (χ0v) is 8.23. The van der Waals surface area contributed by atoms with Gasteiger partial charge in [0.1, 0.15) is 11.8 Å². The van der Waals surface area contributed by atoms with E-state index in [1.54, 1.807) is 0 Å². The van der Waals surface area contributed by atoms with Gasteiger partial charge in [0.2, 0.25) is 0 Å². The lowest BCUT2D eigenvalue weighted by atomic mass is 10.1. The highest BCUT2D eigenvalue weighted by atomic mass is 16.5. The average Bonchev–Trinajstić information content (AvgIpc) is 2.69. The molecule has 2 N–H and O–H groups in total. The lowest BCUT2D eigenvalue weighted by molar-refractivity contribution is 0.224. The van der Waals surface area contributed by atoms with Crippen molar-refractivity contribution in [2.24, 2.45) is 5.73 Å². The molecule has 2 rings (SSSR count). The van der Waals surface area contributed by atoms with Gasteiger partial charge in [0, 0.05) is 12.1 Å². The van der Waals surface area contributed by atoms with Crippen LogP contribution in [0.15, 0.2) is 30.0 Å². The third kappa shape index (κ3) is 1.77. The Bertz CT molecular complexity index is 360. The van der Waals surface area contributed by atoms with E-state index in [0.717, 1.165) is 30.2 Å². The number of ether oxygens (including phenoxy) is 1. The molecule has 0 aromatic carbocycles. The van der Waals surface area contributed by atoms with Crippen LogP contribution in [-0.4, -0.2) is 11.6 Å². The highest BCUT2D eigenvalue weighted by Crippen LogP contribution is 2.22. The first-order valence-corrected chi connectivity index (χ1v) is 4.79. The summed E-state index contributed by atoms with van der Waals surface area (Å²) in [6, 6.07) is 5.64. The van der Waals surface area contributed by atoms with Crippen molar-refractivity contribution in [2.45, 2.75) is 19.4 Å². The van der Waals surface area contributed by atoms with Crippen LogP contribution in [0.5, 0.6) is 0 Å². The van der Waals surface area contributed by atoms with E-state index in [1.807, 2.05) is 31.2 Å². The molecule has 1 aliphatic heterocycles. The maximum Gasteiger partial charge on any atom is 0.115 e. The first-order valence-electron chi connectivity index (χ1n) is 4.79. The first kappa shape index (κ1) is 9.21. The van der Waals surface area contributed by atoms with Gasteiger partial charge in [0.25, 0.3) is 0 Å². The fraction of sp³-hybridized carbons (Fsp3) is 0.364. The van der Waals surface area contributed by atoms with Crippen LogP contribution in [0.1, 0.15) is 23.9 Å². The number of rotatable bonds is 2. The highest BCUT2D eigenvalue weighted by molar-refractivity contribution is 5.21. The van der Waals surface area contributed by atoms with Crippen LogP contribution < -0.4 is 5.73 Å². The van der Waals surface area contributed by atoms with Crippen molar-refractivity contribution in [3.05, 3.63) is 41.4 Å². The summed E-state index contributed by atoms with van der Waals surface area (Å²) in [6.45, 7) is 2.70. The van der Waals surface area contributed by atoms with Crippen LogP contribution in [0.3, 0.4) is 0 Å². The molecule has 74 valence electrons. The van der Waals surface area contributed by atoms with Gasteiger partial charge in [-0.2, -0.15) is 0 Å². The van der Waals surface area contributed by atoms with Crippen molar-refractivity contribution in [1.82, 2.24) is 4.98 Å². The smallest absolute Gasteiger partial charge is 0.115 e. The van der Waals surface area contributed by atoms with Crippen molar-refractivity contribution in [3.63, 3.8) is 0 Å². The number of aromatic nitrogens is 1. The van der Waals surface area contributed by atoms with Gasteiger partial charge in [0.05, 0.1) is 12.3 Å². The molecule has 3 nitrogen and oxygen atoms in total. The molecule has 0 amide bonds. The van der Waals surface area contributed by atoms with Crippen molar-refractivity contribution in [3.8, 4) is 0 Å². The summed E-state index contributed by atoms with van der Waals surface area (Å²) in [5.41, 5.74) is 7.87. The van der Waals surface area contributed by atoms with Crippen LogP contribution in [-0.2, 0) is 4.74 Å². The lowest BCUT2D eigenvalue weighted by Gasteiger charge is -2.12. The molecule has 3 heteroatoms. The molecule has 1 aromatic rings. The number of hydrogen-bond acceptors (Lipinski definition) is 3. The van der Waals surface area contributed by atoms with Crippen LogP contribution >= 0.6 is 0 Å². The van der Waals surface area contributed by atoms with Gasteiger partial charge < -0.3 is 10.5 Å². The molecule has 2 heterocycles. The standard InChI is InChI=1S/C11H14N2O/c1-8-4-2-5-9(13-8)11(12)10-6-3-7-14-10/h2,4-6,11H,3,7,12H2,1H3. The van der Waals surface area contributed by atoms with Gasteiger partial charge in [0.15, 0.2) is 0 Å². The van der Waals surface area contributed by atoms with Gasteiger partial charge in [-0.05, 0) is 25.1 Å². The van der Waals surface area contributed by atoms with E-state index < -0.39 is 0 Å². The number of nitrogens with zero attached hydrogens (tertiary/aromatic N) is 1. The topological polar surface area (TPSA) is 48.1 Å². The summed E-state index contributed by atoms with van der Waals surface area (Å²) in [7, 11) is 0.